The number of amides is 1. The molecule has 1 amide bonds. The predicted molar refractivity (Wildman–Crippen MR) is 270 cm³/mol. The van der Waals surface area contributed by atoms with Crippen LogP contribution in [0.25, 0.3) is 0 Å². The number of carbonyl (C=O) groups excluding carboxylic acids is 1. The fraction of sp³-hybridized carbons (Fsp3) is 0.911. The number of nitrogens with one attached hydrogen (secondary N) is 1. The van der Waals surface area contributed by atoms with Crippen LogP contribution >= 0.6 is 0 Å². The molecule has 0 aliphatic rings. The molecule has 5 N–H and O–H groups in total. The van der Waals surface area contributed by atoms with Crippen LogP contribution in [-0.2, 0) is 4.79 Å². The SMILES string of the molecule is CCCCCCCCCCC/C=C\C/C=C\CCCCCCCCCCC(O)C(=O)NC(CO)C(O)C(O)CCCCCCCCCCCCCCCCCCCCCCCC. The monoisotopic (exact) mass is 876 g/mol. The number of carbonyl (C=O) groups is 1. The maximum Gasteiger partial charge on any atom is 0.249 e. The Morgan fingerprint density at radius 1 is 0.403 bits per heavy atom. The third-order valence-corrected chi connectivity index (χ3v) is 13.2. The van der Waals surface area contributed by atoms with Crippen LogP contribution in [0, 0.1) is 0 Å². The highest BCUT2D eigenvalue weighted by Crippen LogP contribution is 2.18. The first-order chi connectivity index (χ1) is 30.5. The molecule has 6 heteroatoms. The maximum atomic E-state index is 12.6. The third-order valence-electron chi connectivity index (χ3n) is 13.2. The minimum atomic E-state index is -1.26. The first-order valence-electron chi connectivity index (χ1n) is 27.7. The van der Waals surface area contributed by atoms with Crippen molar-refractivity contribution in [1.29, 1.82) is 0 Å². The lowest BCUT2D eigenvalue weighted by molar-refractivity contribution is -0.132. The van der Waals surface area contributed by atoms with Crippen molar-refractivity contribution < 1.29 is 25.2 Å². The number of aliphatic hydroxyl groups excluding tert-OH is 4. The number of hydrogen-bond donors (Lipinski definition) is 5. The van der Waals surface area contributed by atoms with Crippen LogP contribution in [0.3, 0.4) is 0 Å². The van der Waals surface area contributed by atoms with Gasteiger partial charge in [0.2, 0.25) is 5.91 Å². The van der Waals surface area contributed by atoms with Crippen LogP contribution in [0.1, 0.15) is 296 Å². The van der Waals surface area contributed by atoms with Gasteiger partial charge in [-0.05, 0) is 44.9 Å². The molecular weight excluding hydrogens is 767 g/mol. The van der Waals surface area contributed by atoms with Crippen LogP contribution < -0.4 is 5.32 Å². The highest BCUT2D eigenvalue weighted by atomic mass is 16.3. The molecule has 0 aromatic heterocycles. The Morgan fingerprint density at radius 3 is 1.02 bits per heavy atom. The van der Waals surface area contributed by atoms with E-state index >= 15 is 0 Å². The molecule has 4 atom stereocenters. The zero-order valence-corrected chi connectivity index (χ0v) is 41.6. The minimum absolute atomic E-state index is 0.364. The average molecular weight is 876 g/mol. The van der Waals surface area contributed by atoms with Crippen molar-refractivity contribution in [3.8, 4) is 0 Å². The molecule has 0 rings (SSSR count). The molecule has 0 aliphatic carbocycles. The molecule has 62 heavy (non-hydrogen) atoms. The molecule has 0 spiro atoms. The van der Waals surface area contributed by atoms with Gasteiger partial charge < -0.3 is 25.7 Å². The summed E-state index contributed by atoms with van der Waals surface area (Å²) in [5.74, 6) is -0.584. The second-order valence-electron chi connectivity index (χ2n) is 19.3. The Labute approximate surface area is 386 Å². The van der Waals surface area contributed by atoms with Crippen molar-refractivity contribution in [3.05, 3.63) is 24.3 Å². The summed E-state index contributed by atoms with van der Waals surface area (Å²) in [6.07, 6.45) is 60.9. The first-order valence-corrected chi connectivity index (χ1v) is 27.7. The quantitative estimate of drug-likeness (QED) is 0.0309. The van der Waals surface area contributed by atoms with Crippen molar-refractivity contribution in [2.24, 2.45) is 0 Å². The Balaban J connectivity index is 3.65. The van der Waals surface area contributed by atoms with Crippen molar-refractivity contribution in [1.82, 2.24) is 5.32 Å². The minimum Gasteiger partial charge on any atom is -0.394 e. The van der Waals surface area contributed by atoms with E-state index in [-0.39, 0.29) is 0 Å². The summed E-state index contributed by atoms with van der Waals surface area (Å²) in [7, 11) is 0. The topological polar surface area (TPSA) is 110 Å². The highest BCUT2D eigenvalue weighted by Gasteiger charge is 2.28. The molecule has 0 aromatic rings. The fourth-order valence-electron chi connectivity index (χ4n) is 8.79. The molecule has 0 saturated heterocycles. The summed E-state index contributed by atoms with van der Waals surface area (Å²) in [4.78, 5) is 12.6. The van der Waals surface area contributed by atoms with E-state index in [2.05, 4.69) is 43.5 Å². The van der Waals surface area contributed by atoms with E-state index in [1.807, 2.05) is 0 Å². The van der Waals surface area contributed by atoms with E-state index < -0.39 is 36.9 Å². The van der Waals surface area contributed by atoms with Crippen LogP contribution in [0.15, 0.2) is 24.3 Å². The lowest BCUT2D eigenvalue weighted by atomic mass is 9.99. The highest BCUT2D eigenvalue weighted by molar-refractivity contribution is 5.80. The Bertz CT molecular complexity index is 939. The lowest BCUT2D eigenvalue weighted by Gasteiger charge is -2.27. The summed E-state index contributed by atoms with van der Waals surface area (Å²) < 4.78 is 0. The molecule has 6 nitrogen and oxygen atoms in total. The molecule has 368 valence electrons. The largest absolute Gasteiger partial charge is 0.394 e. The molecule has 0 saturated carbocycles. The van der Waals surface area contributed by atoms with Gasteiger partial charge in [0.25, 0.3) is 0 Å². The normalized spacial score (nSPS) is 14.0. The van der Waals surface area contributed by atoms with E-state index in [4.69, 9.17) is 0 Å². The van der Waals surface area contributed by atoms with Gasteiger partial charge in [-0.3, -0.25) is 4.79 Å². The maximum absolute atomic E-state index is 12.6. The van der Waals surface area contributed by atoms with Crippen LogP contribution in [-0.4, -0.2) is 57.3 Å². The lowest BCUT2D eigenvalue weighted by Crippen LogP contribution is -2.53. The van der Waals surface area contributed by atoms with E-state index in [0.29, 0.717) is 12.8 Å². The molecule has 0 radical (unpaired) electrons. The number of unbranched alkanes of at least 4 members (excludes halogenated alkanes) is 38. The number of aliphatic hydroxyl groups is 4. The van der Waals surface area contributed by atoms with Gasteiger partial charge in [-0.15, -0.1) is 0 Å². The van der Waals surface area contributed by atoms with Crippen molar-refractivity contribution in [2.45, 2.75) is 321 Å². The third kappa shape index (κ3) is 44.0. The van der Waals surface area contributed by atoms with E-state index in [9.17, 15) is 25.2 Å². The van der Waals surface area contributed by atoms with Crippen molar-refractivity contribution in [3.63, 3.8) is 0 Å². The number of hydrogen-bond acceptors (Lipinski definition) is 5. The molecule has 0 aromatic carbocycles. The zero-order chi connectivity index (χ0) is 45.2. The summed E-state index contributed by atoms with van der Waals surface area (Å²) in [6, 6.07) is -0.988. The molecular formula is C56H109NO5. The fourth-order valence-corrected chi connectivity index (χ4v) is 8.79. The second kappa shape index (κ2) is 50.8. The Morgan fingerprint density at radius 2 is 0.694 bits per heavy atom. The van der Waals surface area contributed by atoms with Gasteiger partial charge in [0, 0.05) is 0 Å². The van der Waals surface area contributed by atoms with Gasteiger partial charge in [-0.2, -0.15) is 0 Å². The second-order valence-corrected chi connectivity index (χ2v) is 19.3. The van der Waals surface area contributed by atoms with Crippen molar-refractivity contribution >= 4 is 5.91 Å². The molecule has 0 heterocycles. The predicted octanol–water partition coefficient (Wildman–Crippen LogP) is 15.9. The van der Waals surface area contributed by atoms with Gasteiger partial charge in [-0.25, -0.2) is 0 Å². The van der Waals surface area contributed by atoms with Crippen LogP contribution in [0.5, 0.6) is 0 Å². The number of rotatable bonds is 51. The van der Waals surface area contributed by atoms with Gasteiger partial charge in [0.15, 0.2) is 0 Å². The summed E-state index contributed by atoms with van der Waals surface area (Å²) in [5, 5.41) is 44.0. The van der Waals surface area contributed by atoms with Gasteiger partial charge in [-0.1, -0.05) is 276 Å². The summed E-state index contributed by atoms with van der Waals surface area (Å²) in [6.45, 7) is 4.08. The Hall–Kier alpha value is -1.21. The van der Waals surface area contributed by atoms with Crippen LogP contribution in [0.2, 0.25) is 0 Å². The molecule has 0 fully saturated rings. The first kappa shape index (κ1) is 60.8. The standard InChI is InChI=1S/C56H109NO5/c1-3-5-7-9-11-13-15-17-19-21-23-25-27-28-30-32-34-36-38-40-42-44-46-48-50-54(60)56(62)57-52(51-58)55(61)53(59)49-47-45-43-41-39-37-35-33-31-29-26-24-22-20-18-16-14-12-10-8-6-4-2/h23,25,28,30,52-55,58-61H,3-22,24,26-27,29,31-51H2,1-2H3,(H,57,62)/b25-23-,30-28-. The Kier molecular flexibility index (Phi) is 49.8. The van der Waals surface area contributed by atoms with E-state index in [0.717, 1.165) is 44.9 Å². The van der Waals surface area contributed by atoms with Gasteiger partial charge in [0.1, 0.15) is 12.2 Å². The van der Waals surface area contributed by atoms with Crippen molar-refractivity contribution in [2.75, 3.05) is 6.61 Å². The molecule has 4 unspecified atom stereocenters. The van der Waals surface area contributed by atoms with E-state index in [1.165, 1.54) is 225 Å². The van der Waals surface area contributed by atoms with Gasteiger partial charge in [0.05, 0.1) is 18.8 Å². The summed E-state index contributed by atoms with van der Waals surface area (Å²) in [5.41, 5.74) is 0. The molecule has 0 bridgehead atoms. The van der Waals surface area contributed by atoms with E-state index in [1.54, 1.807) is 0 Å². The summed E-state index contributed by atoms with van der Waals surface area (Å²) >= 11 is 0. The van der Waals surface area contributed by atoms with Gasteiger partial charge >= 0.3 is 0 Å². The number of allylic oxidation sites excluding steroid dienone is 4. The zero-order valence-electron chi connectivity index (χ0n) is 41.6. The van der Waals surface area contributed by atoms with Crippen LogP contribution in [0.4, 0.5) is 0 Å². The average Bonchev–Trinajstić information content (AvgIpc) is 3.28. The molecule has 0 aliphatic heterocycles. The smallest absolute Gasteiger partial charge is 0.249 e.